The fourth-order valence-corrected chi connectivity index (χ4v) is 3.15. The fourth-order valence-electron chi connectivity index (χ4n) is 3.15. The summed E-state index contributed by atoms with van der Waals surface area (Å²) in [7, 11) is 1.64. The number of rotatable bonds is 10. The minimum atomic E-state index is -0.523. The second-order valence-electron chi connectivity index (χ2n) is 6.89. The molecule has 0 saturated carbocycles. The van der Waals surface area contributed by atoms with Gasteiger partial charge in [0.15, 0.2) is 0 Å². The Morgan fingerprint density at radius 3 is 2.61 bits per heavy atom. The Morgan fingerprint density at radius 1 is 1.11 bits per heavy atom. The van der Waals surface area contributed by atoms with Gasteiger partial charge in [0.05, 0.1) is 33.0 Å². The highest BCUT2D eigenvalue weighted by Gasteiger charge is 2.23. The molecule has 1 N–H and O–H groups in total. The molecule has 1 aliphatic rings. The first-order valence-electron chi connectivity index (χ1n) is 9.63. The molecule has 152 valence electrons. The van der Waals surface area contributed by atoms with Gasteiger partial charge in [0.2, 0.25) is 0 Å². The van der Waals surface area contributed by atoms with Gasteiger partial charge in [-0.2, -0.15) is 0 Å². The molecule has 2 aromatic rings. The highest BCUT2D eigenvalue weighted by molar-refractivity contribution is 5.31. The molecule has 2 unspecified atom stereocenters. The summed E-state index contributed by atoms with van der Waals surface area (Å²) in [5.41, 5.74) is 1.11. The summed E-state index contributed by atoms with van der Waals surface area (Å²) in [5, 5.41) is 10.3. The number of ether oxygens (including phenoxy) is 4. The summed E-state index contributed by atoms with van der Waals surface area (Å²) in [6, 6.07) is 17.5. The van der Waals surface area contributed by atoms with Gasteiger partial charge in [0.25, 0.3) is 0 Å². The minimum absolute atomic E-state index is 0.0201. The highest BCUT2D eigenvalue weighted by Crippen LogP contribution is 2.18. The maximum atomic E-state index is 10.3. The van der Waals surface area contributed by atoms with E-state index in [1.807, 2.05) is 54.6 Å². The van der Waals surface area contributed by atoms with Crippen LogP contribution in [0.2, 0.25) is 0 Å². The van der Waals surface area contributed by atoms with Gasteiger partial charge in [-0.25, -0.2) is 0 Å². The van der Waals surface area contributed by atoms with Crippen LogP contribution < -0.4 is 9.47 Å². The number of benzene rings is 2. The number of hydrogen-bond donors (Lipinski definition) is 1. The number of β-amino-alcohol motifs (C(OH)–C–C–N with tert-alkyl or cyclic N) is 1. The third kappa shape index (κ3) is 6.80. The molecule has 1 saturated heterocycles. The molecule has 0 aliphatic carbocycles. The third-order valence-corrected chi connectivity index (χ3v) is 4.61. The van der Waals surface area contributed by atoms with E-state index in [0.717, 1.165) is 30.2 Å². The van der Waals surface area contributed by atoms with Crippen LogP contribution in [0.15, 0.2) is 54.6 Å². The van der Waals surface area contributed by atoms with E-state index in [-0.39, 0.29) is 6.10 Å². The van der Waals surface area contributed by atoms with Crippen molar-refractivity contribution in [1.82, 2.24) is 4.90 Å². The van der Waals surface area contributed by atoms with Gasteiger partial charge >= 0.3 is 0 Å². The minimum Gasteiger partial charge on any atom is -0.497 e. The summed E-state index contributed by atoms with van der Waals surface area (Å²) in [4.78, 5) is 2.20. The van der Waals surface area contributed by atoms with Crippen LogP contribution in [0.4, 0.5) is 0 Å². The maximum Gasteiger partial charge on any atom is 0.119 e. The van der Waals surface area contributed by atoms with Crippen LogP contribution in [0, 0.1) is 0 Å². The van der Waals surface area contributed by atoms with Gasteiger partial charge in [0.1, 0.15) is 24.2 Å². The average Bonchev–Trinajstić information content (AvgIpc) is 2.74. The Kier molecular flexibility index (Phi) is 8.11. The van der Waals surface area contributed by atoms with Gasteiger partial charge < -0.3 is 24.1 Å². The van der Waals surface area contributed by atoms with E-state index in [2.05, 4.69) is 4.90 Å². The molecule has 0 aromatic heterocycles. The molecule has 0 bridgehead atoms. The van der Waals surface area contributed by atoms with Crippen LogP contribution in [0.5, 0.6) is 11.5 Å². The van der Waals surface area contributed by atoms with Gasteiger partial charge in [0, 0.05) is 19.6 Å². The quantitative estimate of drug-likeness (QED) is 0.675. The number of nitrogens with zero attached hydrogens (tertiary/aromatic N) is 1. The van der Waals surface area contributed by atoms with Gasteiger partial charge in [-0.05, 0) is 29.8 Å². The lowest BCUT2D eigenvalue weighted by atomic mass is 10.2. The molecule has 2 atom stereocenters. The molecule has 2 aromatic carbocycles. The van der Waals surface area contributed by atoms with Crippen molar-refractivity contribution in [2.75, 3.05) is 46.6 Å². The molecule has 1 aliphatic heterocycles. The molecule has 0 amide bonds. The SMILES string of the molecule is COc1ccc(OCC2CN(CC(O)COCc3ccccc3)CCO2)cc1. The van der Waals surface area contributed by atoms with E-state index < -0.39 is 6.10 Å². The van der Waals surface area contributed by atoms with Crippen LogP contribution in [-0.4, -0.2) is 68.8 Å². The van der Waals surface area contributed by atoms with Crippen molar-refractivity contribution in [3.8, 4) is 11.5 Å². The molecule has 28 heavy (non-hydrogen) atoms. The number of hydrogen-bond acceptors (Lipinski definition) is 6. The number of morpholine rings is 1. The van der Waals surface area contributed by atoms with E-state index in [9.17, 15) is 5.11 Å². The zero-order valence-corrected chi connectivity index (χ0v) is 16.3. The van der Waals surface area contributed by atoms with Crippen LogP contribution in [0.1, 0.15) is 5.56 Å². The van der Waals surface area contributed by atoms with E-state index in [0.29, 0.717) is 33.0 Å². The van der Waals surface area contributed by atoms with Gasteiger partial charge in [-0.15, -0.1) is 0 Å². The number of methoxy groups -OCH3 is 1. The van der Waals surface area contributed by atoms with Crippen LogP contribution >= 0.6 is 0 Å². The molecule has 1 fully saturated rings. The highest BCUT2D eigenvalue weighted by atomic mass is 16.5. The average molecular weight is 387 g/mol. The Balaban J connectivity index is 1.35. The normalized spacial score (nSPS) is 18.6. The molecule has 0 spiro atoms. The van der Waals surface area contributed by atoms with Crippen molar-refractivity contribution in [2.24, 2.45) is 0 Å². The molecule has 6 heteroatoms. The molecule has 6 nitrogen and oxygen atoms in total. The van der Waals surface area contributed by atoms with Crippen molar-refractivity contribution in [3.63, 3.8) is 0 Å². The van der Waals surface area contributed by atoms with Crippen LogP contribution in [0.25, 0.3) is 0 Å². The lowest BCUT2D eigenvalue weighted by molar-refractivity contribution is -0.0654. The predicted octanol–water partition coefficient (Wildman–Crippen LogP) is 2.35. The van der Waals surface area contributed by atoms with Crippen LogP contribution in [-0.2, 0) is 16.1 Å². The first-order valence-corrected chi connectivity index (χ1v) is 9.63. The third-order valence-electron chi connectivity index (χ3n) is 4.61. The predicted molar refractivity (Wildman–Crippen MR) is 107 cm³/mol. The Hall–Kier alpha value is -2.12. The van der Waals surface area contributed by atoms with E-state index >= 15 is 0 Å². The monoisotopic (exact) mass is 387 g/mol. The zero-order chi connectivity index (χ0) is 19.6. The fraction of sp³-hybridized carbons (Fsp3) is 0.455. The Labute approximate surface area is 166 Å². The Morgan fingerprint density at radius 2 is 1.86 bits per heavy atom. The van der Waals surface area contributed by atoms with Gasteiger partial charge in [-0.1, -0.05) is 30.3 Å². The second kappa shape index (κ2) is 11.0. The molecule has 3 rings (SSSR count). The maximum absolute atomic E-state index is 10.3. The largest absolute Gasteiger partial charge is 0.497 e. The number of aliphatic hydroxyl groups excluding tert-OH is 1. The van der Waals surface area contributed by atoms with Crippen molar-refractivity contribution in [3.05, 3.63) is 60.2 Å². The van der Waals surface area contributed by atoms with Crippen LogP contribution in [0.3, 0.4) is 0 Å². The van der Waals surface area contributed by atoms with E-state index in [1.165, 1.54) is 0 Å². The topological polar surface area (TPSA) is 60.4 Å². The lowest BCUT2D eigenvalue weighted by Crippen LogP contribution is -2.48. The smallest absolute Gasteiger partial charge is 0.119 e. The van der Waals surface area contributed by atoms with Crippen molar-refractivity contribution in [2.45, 2.75) is 18.8 Å². The first-order chi connectivity index (χ1) is 13.7. The summed E-state index contributed by atoms with van der Waals surface area (Å²) in [6.45, 7) is 4.04. The van der Waals surface area contributed by atoms with Gasteiger partial charge in [-0.3, -0.25) is 4.90 Å². The second-order valence-corrected chi connectivity index (χ2v) is 6.89. The summed E-state index contributed by atoms with van der Waals surface area (Å²) >= 11 is 0. The van der Waals surface area contributed by atoms with E-state index in [4.69, 9.17) is 18.9 Å². The summed E-state index contributed by atoms with van der Waals surface area (Å²) in [6.07, 6.45) is -0.543. The van der Waals surface area contributed by atoms with E-state index in [1.54, 1.807) is 7.11 Å². The number of aliphatic hydroxyl groups is 1. The zero-order valence-electron chi connectivity index (χ0n) is 16.3. The molecule has 1 heterocycles. The lowest BCUT2D eigenvalue weighted by Gasteiger charge is -2.33. The first kappa shape index (κ1) is 20.6. The molecule has 0 radical (unpaired) electrons. The van der Waals surface area contributed by atoms with Crippen molar-refractivity contribution < 1.29 is 24.1 Å². The molecular formula is C22H29NO5. The van der Waals surface area contributed by atoms with Crippen molar-refractivity contribution in [1.29, 1.82) is 0 Å². The standard InChI is InChI=1S/C22H29NO5/c1-25-20-7-9-21(10-8-20)28-17-22-14-23(11-12-27-22)13-19(24)16-26-15-18-5-3-2-4-6-18/h2-10,19,22,24H,11-17H2,1H3. The summed E-state index contributed by atoms with van der Waals surface area (Å²) in [5.74, 6) is 1.59. The molecular weight excluding hydrogens is 358 g/mol. The summed E-state index contributed by atoms with van der Waals surface area (Å²) < 4.78 is 22.4. The Bertz CT molecular complexity index is 679. The van der Waals surface area contributed by atoms with Crippen molar-refractivity contribution >= 4 is 0 Å².